The van der Waals surface area contributed by atoms with Crippen LogP contribution < -0.4 is 11.2 Å². The highest BCUT2D eigenvalue weighted by molar-refractivity contribution is 9.10. The molecule has 0 bridgehead atoms. The van der Waals surface area contributed by atoms with Gasteiger partial charge in [-0.3, -0.25) is 14.3 Å². The van der Waals surface area contributed by atoms with Crippen LogP contribution >= 0.6 is 27.5 Å². The monoisotopic (exact) mass is 332 g/mol. The summed E-state index contributed by atoms with van der Waals surface area (Å²) in [4.78, 5) is 24.8. The molecule has 1 aromatic heterocycles. The third-order valence-electron chi connectivity index (χ3n) is 2.30. The topological polar surface area (TPSA) is 54.9 Å². The molecule has 0 fully saturated rings. The van der Waals surface area contributed by atoms with E-state index in [1.165, 1.54) is 22.9 Å². The van der Waals surface area contributed by atoms with Gasteiger partial charge in [0.25, 0.3) is 5.56 Å². The molecule has 0 spiro atoms. The van der Waals surface area contributed by atoms with Gasteiger partial charge in [-0.1, -0.05) is 17.7 Å². The highest BCUT2D eigenvalue weighted by Gasteiger charge is 2.05. The lowest BCUT2D eigenvalue weighted by Gasteiger charge is -2.06. The van der Waals surface area contributed by atoms with E-state index in [9.17, 15) is 14.0 Å². The van der Waals surface area contributed by atoms with Gasteiger partial charge in [0.05, 0.1) is 16.0 Å². The Morgan fingerprint density at radius 3 is 2.78 bits per heavy atom. The van der Waals surface area contributed by atoms with E-state index in [-0.39, 0.29) is 16.0 Å². The maximum Gasteiger partial charge on any atom is 0.328 e. The first-order chi connectivity index (χ1) is 8.47. The van der Waals surface area contributed by atoms with Crippen LogP contribution in [0.2, 0.25) is 5.02 Å². The van der Waals surface area contributed by atoms with Crippen LogP contribution in [0, 0.1) is 5.82 Å². The SMILES string of the molecule is O=c1[nH]c(=O)n(Cc2ccc(Cl)c(F)c2)cc1Br. The van der Waals surface area contributed by atoms with Gasteiger partial charge in [-0.15, -0.1) is 0 Å². The smallest absolute Gasteiger partial charge is 0.295 e. The molecule has 0 aliphatic carbocycles. The van der Waals surface area contributed by atoms with Crippen molar-refractivity contribution in [1.29, 1.82) is 0 Å². The van der Waals surface area contributed by atoms with Gasteiger partial charge in [-0.2, -0.15) is 0 Å². The summed E-state index contributed by atoms with van der Waals surface area (Å²) in [7, 11) is 0. The summed E-state index contributed by atoms with van der Waals surface area (Å²) in [6.45, 7) is 0.141. The molecule has 0 aliphatic rings. The molecule has 0 saturated heterocycles. The minimum absolute atomic E-state index is 0.0220. The van der Waals surface area contributed by atoms with E-state index < -0.39 is 17.1 Å². The Morgan fingerprint density at radius 2 is 2.11 bits per heavy atom. The average Bonchev–Trinajstić information content (AvgIpc) is 2.31. The molecule has 0 saturated carbocycles. The van der Waals surface area contributed by atoms with Crippen LogP contribution in [-0.2, 0) is 6.54 Å². The van der Waals surface area contributed by atoms with E-state index in [0.29, 0.717) is 5.56 Å². The van der Waals surface area contributed by atoms with Crippen LogP contribution in [0.15, 0.2) is 38.5 Å². The molecule has 0 radical (unpaired) electrons. The minimum atomic E-state index is -0.557. The van der Waals surface area contributed by atoms with Gasteiger partial charge in [-0.05, 0) is 33.6 Å². The summed E-state index contributed by atoms with van der Waals surface area (Å²) in [6, 6.07) is 4.27. The number of H-pyrrole nitrogens is 1. The van der Waals surface area contributed by atoms with Crippen molar-refractivity contribution < 1.29 is 4.39 Å². The van der Waals surface area contributed by atoms with E-state index >= 15 is 0 Å². The summed E-state index contributed by atoms with van der Waals surface area (Å²) < 4.78 is 14.7. The fourth-order valence-corrected chi connectivity index (χ4v) is 1.90. The van der Waals surface area contributed by atoms with E-state index in [0.717, 1.165) is 0 Å². The Bertz CT molecular complexity index is 711. The fraction of sp³-hybridized carbons (Fsp3) is 0.0909. The molecule has 1 aromatic carbocycles. The van der Waals surface area contributed by atoms with Crippen LogP contribution in [0.4, 0.5) is 4.39 Å². The summed E-state index contributed by atoms with van der Waals surface area (Å²) in [6.07, 6.45) is 1.35. The van der Waals surface area contributed by atoms with E-state index in [4.69, 9.17) is 11.6 Å². The number of aromatic amines is 1. The number of nitrogens with zero attached hydrogens (tertiary/aromatic N) is 1. The van der Waals surface area contributed by atoms with Gasteiger partial charge in [0.2, 0.25) is 0 Å². The first kappa shape index (κ1) is 13.0. The number of hydrogen-bond acceptors (Lipinski definition) is 2. The second kappa shape index (κ2) is 5.07. The Hall–Kier alpha value is -1.40. The molecule has 0 aliphatic heterocycles. The highest BCUT2D eigenvalue weighted by atomic mass is 79.9. The van der Waals surface area contributed by atoms with E-state index in [2.05, 4.69) is 20.9 Å². The predicted molar refractivity (Wildman–Crippen MR) is 69.5 cm³/mol. The summed E-state index contributed by atoms with van der Waals surface area (Å²) in [5.41, 5.74) is -0.491. The summed E-state index contributed by atoms with van der Waals surface area (Å²) >= 11 is 8.58. The molecule has 4 nitrogen and oxygen atoms in total. The predicted octanol–water partition coefficient (Wildman–Crippen LogP) is 2.14. The number of aromatic nitrogens is 2. The number of halogens is 3. The number of hydrogen-bond donors (Lipinski definition) is 1. The van der Waals surface area contributed by atoms with Crippen LogP contribution in [-0.4, -0.2) is 9.55 Å². The van der Waals surface area contributed by atoms with Crippen LogP contribution in [0.1, 0.15) is 5.56 Å². The van der Waals surface area contributed by atoms with Crippen molar-refractivity contribution >= 4 is 27.5 Å². The van der Waals surface area contributed by atoms with Crippen molar-refractivity contribution in [3.8, 4) is 0 Å². The summed E-state index contributed by atoms with van der Waals surface area (Å²) in [5.74, 6) is -0.550. The zero-order chi connectivity index (χ0) is 13.3. The Balaban J connectivity index is 2.40. The third-order valence-corrected chi connectivity index (χ3v) is 3.18. The largest absolute Gasteiger partial charge is 0.328 e. The van der Waals surface area contributed by atoms with Crippen LogP contribution in [0.5, 0.6) is 0 Å². The second-order valence-corrected chi connectivity index (χ2v) is 4.87. The van der Waals surface area contributed by atoms with Crippen molar-refractivity contribution in [3.63, 3.8) is 0 Å². The van der Waals surface area contributed by atoms with Gasteiger partial charge in [0, 0.05) is 6.20 Å². The lowest BCUT2D eigenvalue weighted by molar-refractivity contribution is 0.622. The molecule has 1 N–H and O–H groups in total. The van der Waals surface area contributed by atoms with Crippen LogP contribution in [0.25, 0.3) is 0 Å². The summed E-state index contributed by atoms with van der Waals surface area (Å²) in [5, 5.41) is 0.0220. The Morgan fingerprint density at radius 1 is 1.39 bits per heavy atom. The minimum Gasteiger partial charge on any atom is -0.295 e. The van der Waals surface area contributed by atoms with Gasteiger partial charge in [-0.25, -0.2) is 9.18 Å². The molecule has 94 valence electrons. The molecule has 1 heterocycles. The molecule has 18 heavy (non-hydrogen) atoms. The van der Waals surface area contributed by atoms with Crippen molar-refractivity contribution in [2.75, 3.05) is 0 Å². The maximum atomic E-state index is 13.2. The molecule has 0 unspecified atom stereocenters. The van der Waals surface area contributed by atoms with Gasteiger partial charge in [0.15, 0.2) is 0 Å². The molecule has 7 heteroatoms. The van der Waals surface area contributed by atoms with Gasteiger partial charge >= 0.3 is 5.69 Å². The van der Waals surface area contributed by atoms with Crippen LogP contribution in [0.3, 0.4) is 0 Å². The standard InChI is InChI=1S/C11H7BrClFN2O2/c12-7-5-16(11(18)15-10(7)17)4-6-1-2-8(13)9(14)3-6/h1-3,5H,4H2,(H,15,17,18). The first-order valence-corrected chi connectivity index (χ1v) is 6.07. The highest BCUT2D eigenvalue weighted by Crippen LogP contribution is 2.16. The maximum absolute atomic E-state index is 13.2. The average molecular weight is 334 g/mol. The number of rotatable bonds is 2. The third kappa shape index (κ3) is 2.70. The zero-order valence-corrected chi connectivity index (χ0v) is 11.3. The van der Waals surface area contributed by atoms with E-state index in [1.54, 1.807) is 6.07 Å². The molecule has 2 aromatic rings. The first-order valence-electron chi connectivity index (χ1n) is 4.90. The molecule has 0 amide bonds. The normalized spacial score (nSPS) is 10.6. The quantitative estimate of drug-likeness (QED) is 0.915. The Labute approximate surface area is 114 Å². The number of nitrogens with one attached hydrogen (secondary N) is 1. The van der Waals surface area contributed by atoms with E-state index in [1.807, 2.05) is 0 Å². The van der Waals surface area contributed by atoms with Gasteiger partial charge < -0.3 is 0 Å². The molecular weight excluding hydrogens is 326 g/mol. The van der Waals surface area contributed by atoms with Crippen molar-refractivity contribution in [2.24, 2.45) is 0 Å². The van der Waals surface area contributed by atoms with Crippen molar-refractivity contribution in [3.05, 3.63) is 66.1 Å². The lowest BCUT2D eigenvalue weighted by Crippen LogP contribution is -2.30. The van der Waals surface area contributed by atoms with Crippen molar-refractivity contribution in [1.82, 2.24) is 9.55 Å². The zero-order valence-electron chi connectivity index (χ0n) is 8.91. The molecular formula is C11H7BrClFN2O2. The Kier molecular flexibility index (Phi) is 3.68. The number of benzene rings is 1. The second-order valence-electron chi connectivity index (χ2n) is 3.61. The fourth-order valence-electron chi connectivity index (χ4n) is 1.43. The van der Waals surface area contributed by atoms with Gasteiger partial charge in [0.1, 0.15) is 5.82 Å². The molecule has 2 rings (SSSR count). The lowest BCUT2D eigenvalue weighted by atomic mass is 10.2. The van der Waals surface area contributed by atoms with Crippen molar-refractivity contribution in [2.45, 2.75) is 6.54 Å². The molecule has 0 atom stereocenters.